The van der Waals surface area contributed by atoms with Gasteiger partial charge in [-0.3, -0.25) is 14.2 Å². The van der Waals surface area contributed by atoms with E-state index in [2.05, 4.69) is 10.4 Å². The van der Waals surface area contributed by atoms with Gasteiger partial charge in [-0.1, -0.05) is 6.07 Å². The molecule has 12 nitrogen and oxygen atoms in total. The highest BCUT2D eigenvalue weighted by molar-refractivity contribution is 5.79. The van der Waals surface area contributed by atoms with Crippen LogP contribution in [0, 0.1) is 11.6 Å². The number of hydrogen-bond donors (Lipinski definition) is 3. The molecule has 5 N–H and O–H groups in total. The van der Waals surface area contributed by atoms with Crippen LogP contribution in [-0.2, 0) is 22.6 Å². The summed E-state index contributed by atoms with van der Waals surface area (Å²) < 4.78 is 37.4. The zero-order valence-electron chi connectivity index (χ0n) is 22.5. The van der Waals surface area contributed by atoms with Crippen LogP contribution in [0.4, 0.5) is 14.5 Å². The van der Waals surface area contributed by atoms with Crippen LogP contribution in [0.15, 0.2) is 70.1 Å². The molecule has 2 aromatic heterocycles. The van der Waals surface area contributed by atoms with Crippen molar-refractivity contribution in [3.63, 3.8) is 0 Å². The second-order valence-corrected chi connectivity index (χ2v) is 9.18. The van der Waals surface area contributed by atoms with Crippen LogP contribution >= 0.6 is 0 Å². The van der Waals surface area contributed by atoms with E-state index < -0.39 is 35.0 Å². The van der Waals surface area contributed by atoms with Gasteiger partial charge in [0.15, 0.2) is 11.5 Å². The lowest BCUT2D eigenvalue weighted by Gasteiger charge is -2.14. The largest absolute Gasteiger partial charge is 0.483 e. The molecule has 0 saturated carbocycles. The summed E-state index contributed by atoms with van der Waals surface area (Å²) in [5.41, 5.74) is 10.9. The average Bonchev–Trinajstić information content (AvgIpc) is 3.30. The predicted octanol–water partition coefficient (Wildman–Crippen LogP) is 1.51. The quantitative estimate of drug-likeness (QED) is 0.148. The van der Waals surface area contributed by atoms with E-state index in [0.717, 1.165) is 16.7 Å². The predicted molar refractivity (Wildman–Crippen MR) is 150 cm³/mol. The van der Waals surface area contributed by atoms with Crippen molar-refractivity contribution in [2.24, 2.45) is 11.5 Å². The number of methoxy groups -OCH3 is 1. The van der Waals surface area contributed by atoms with Crippen molar-refractivity contribution in [3.8, 4) is 5.69 Å². The molecule has 0 aliphatic heterocycles. The summed E-state index contributed by atoms with van der Waals surface area (Å²) in [5, 5.41) is 7.11. The standard InChI is InChI=1S/C27H28F2N8O4/c1-34(2)14-21-24-25(33-37(21)17-9-7-16(8-10-17)32-15-38)35(13-18-19(28)5-4-6-20(18)29)27(40)36(26(24)39)22(30)11-12-23(31)41-3/h4-12,15H,13-14,30-31H2,1-3H3,(H,32,38)/b22-11+,23-12+. The number of fused-ring (bicyclic) bond motifs is 1. The highest BCUT2D eigenvalue weighted by Crippen LogP contribution is 2.23. The Morgan fingerprint density at radius 1 is 1.07 bits per heavy atom. The third-order valence-electron chi connectivity index (χ3n) is 6.15. The minimum absolute atomic E-state index is 0.00480. The highest BCUT2D eigenvalue weighted by Gasteiger charge is 2.25. The molecule has 0 atom stereocenters. The topological polar surface area (TPSA) is 155 Å². The number of hydrogen-bond acceptors (Lipinski definition) is 8. The molecule has 0 radical (unpaired) electrons. The summed E-state index contributed by atoms with van der Waals surface area (Å²) >= 11 is 0. The van der Waals surface area contributed by atoms with E-state index >= 15 is 0 Å². The van der Waals surface area contributed by atoms with Crippen molar-refractivity contribution in [2.45, 2.75) is 13.1 Å². The smallest absolute Gasteiger partial charge is 0.338 e. The number of amides is 1. The molecule has 2 heterocycles. The second-order valence-electron chi connectivity index (χ2n) is 9.18. The van der Waals surface area contributed by atoms with Gasteiger partial charge >= 0.3 is 5.69 Å². The molecule has 0 spiro atoms. The number of anilines is 1. The second kappa shape index (κ2) is 11.9. The van der Waals surface area contributed by atoms with E-state index in [0.29, 0.717) is 28.0 Å². The summed E-state index contributed by atoms with van der Waals surface area (Å²) in [6.07, 6.45) is 2.99. The van der Waals surface area contributed by atoms with Gasteiger partial charge in [-0.15, -0.1) is 5.10 Å². The summed E-state index contributed by atoms with van der Waals surface area (Å²) in [6.45, 7) is -0.398. The van der Waals surface area contributed by atoms with Crippen LogP contribution in [0.1, 0.15) is 11.3 Å². The Bertz CT molecular complexity index is 1770. The van der Waals surface area contributed by atoms with Crippen LogP contribution in [-0.4, -0.2) is 51.4 Å². The van der Waals surface area contributed by atoms with Crippen molar-refractivity contribution in [3.05, 3.63) is 104 Å². The number of rotatable bonds is 10. The Kier molecular flexibility index (Phi) is 8.33. The molecule has 4 rings (SSSR count). The molecule has 214 valence electrons. The normalized spacial score (nSPS) is 12.2. The maximum Gasteiger partial charge on any atom is 0.338 e. The number of carbonyl (C=O) groups excluding carboxylic acids is 1. The van der Waals surface area contributed by atoms with Crippen molar-refractivity contribution in [1.29, 1.82) is 0 Å². The fraction of sp³-hybridized carbons (Fsp3) is 0.185. The van der Waals surface area contributed by atoms with Gasteiger partial charge < -0.3 is 26.4 Å². The molecular formula is C27H28F2N8O4. The van der Waals surface area contributed by atoms with E-state index in [4.69, 9.17) is 16.2 Å². The van der Waals surface area contributed by atoms with E-state index in [1.54, 1.807) is 43.3 Å². The van der Waals surface area contributed by atoms with Crippen LogP contribution in [0.25, 0.3) is 22.5 Å². The number of aromatic nitrogens is 4. The zero-order valence-corrected chi connectivity index (χ0v) is 22.5. The Morgan fingerprint density at radius 2 is 1.73 bits per heavy atom. The van der Waals surface area contributed by atoms with Crippen LogP contribution < -0.4 is 28.0 Å². The zero-order chi connectivity index (χ0) is 29.8. The molecule has 14 heteroatoms. The van der Waals surface area contributed by atoms with Gasteiger partial charge in [0.25, 0.3) is 5.56 Å². The molecule has 0 aliphatic carbocycles. The van der Waals surface area contributed by atoms with Crippen molar-refractivity contribution >= 4 is 29.0 Å². The maximum atomic E-state index is 14.7. The molecule has 0 bridgehead atoms. The molecule has 0 aliphatic rings. The van der Waals surface area contributed by atoms with Crippen LogP contribution in [0.2, 0.25) is 0 Å². The van der Waals surface area contributed by atoms with Gasteiger partial charge in [-0.05, 0) is 56.6 Å². The first-order valence-corrected chi connectivity index (χ1v) is 12.2. The first-order chi connectivity index (χ1) is 19.6. The summed E-state index contributed by atoms with van der Waals surface area (Å²) in [5.74, 6) is -2.11. The average molecular weight is 567 g/mol. The number of ether oxygens (including phenoxy) is 1. The first-order valence-electron chi connectivity index (χ1n) is 12.2. The molecule has 41 heavy (non-hydrogen) atoms. The van der Waals surface area contributed by atoms with Gasteiger partial charge in [0.2, 0.25) is 6.41 Å². The fourth-order valence-electron chi connectivity index (χ4n) is 4.21. The number of carbonyl (C=O) groups is 1. The third kappa shape index (κ3) is 5.72. The molecule has 4 aromatic rings. The number of allylic oxidation sites excluding steroid dienone is 2. The Labute approximate surface area is 232 Å². The third-order valence-corrected chi connectivity index (χ3v) is 6.15. The van der Waals surface area contributed by atoms with E-state index in [1.165, 1.54) is 30.0 Å². The lowest BCUT2D eigenvalue weighted by molar-refractivity contribution is -0.105. The van der Waals surface area contributed by atoms with Gasteiger partial charge in [-0.2, -0.15) is 0 Å². The number of halogens is 2. The van der Waals surface area contributed by atoms with E-state index in [1.807, 2.05) is 0 Å². The van der Waals surface area contributed by atoms with E-state index in [9.17, 15) is 23.2 Å². The summed E-state index contributed by atoms with van der Waals surface area (Å²) in [6, 6.07) is 9.89. The number of benzene rings is 2. The molecule has 0 saturated heterocycles. The minimum Gasteiger partial charge on any atom is -0.483 e. The van der Waals surface area contributed by atoms with Crippen LogP contribution in [0.5, 0.6) is 0 Å². The molecular weight excluding hydrogens is 538 g/mol. The van der Waals surface area contributed by atoms with Crippen molar-refractivity contribution < 1.29 is 18.3 Å². The Hall–Kier alpha value is -5.24. The monoisotopic (exact) mass is 566 g/mol. The van der Waals surface area contributed by atoms with Gasteiger partial charge in [-0.25, -0.2) is 22.8 Å². The molecule has 0 unspecified atom stereocenters. The highest BCUT2D eigenvalue weighted by atomic mass is 19.1. The van der Waals surface area contributed by atoms with Crippen molar-refractivity contribution in [2.75, 3.05) is 26.5 Å². The van der Waals surface area contributed by atoms with Gasteiger partial charge in [0.1, 0.15) is 22.8 Å². The van der Waals surface area contributed by atoms with Gasteiger partial charge in [0, 0.05) is 23.9 Å². The SMILES string of the molecule is CO/C(N)=C/C=C(\N)n1c(=O)c2c(CN(C)C)n(-c3ccc(NC=O)cc3)nc2n(Cc2c(F)cccc2F)c1=O. The Balaban J connectivity index is 2.11. The molecule has 2 aromatic carbocycles. The lowest BCUT2D eigenvalue weighted by atomic mass is 10.2. The number of nitrogens with one attached hydrogen (secondary N) is 1. The summed E-state index contributed by atoms with van der Waals surface area (Å²) in [4.78, 5) is 40.3. The summed E-state index contributed by atoms with van der Waals surface area (Å²) in [7, 11) is 4.87. The first kappa shape index (κ1) is 28.8. The lowest BCUT2D eigenvalue weighted by Crippen LogP contribution is -2.41. The van der Waals surface area contributed by atoms with Gasteiger partial charge in [0.05, 0.1) is 25.0 Å². The van der Waals surface area contributed by atoms with Crippen molar-refractivity contribution in [1.82, 2.24) is 23.8 Å². The Morgan fingerprint density at radius 3 is 2.32 bits per heavy atom. The number of nitrogens with two attached hydrogens (primary N) is 2. The maximum absolute atomic E-state index is 14.7. The number of nitrogens with zero attached hydrogens (tertiary/aromatic N) is 5. The molecule has 1 amide bonds. The minimum atomic E-state index is -0.977. The van der Waals surface area contributed by atoms with Crippen LogP contribution in [0.3, 0.4) is 0 Å². The van der Waals surface area contributed by atoms with E-state index in [-0.39, 0.29) is 29.3 Å². The molecule has 0 fully saturated rings. The fourth-order valence-corrected chi connectivity index (χ4v) is 4.21.